The number of nitrogens with zero attached hydrogens (tertiary/aromatic N) is 1. The van der Waals surface area contributed by atoms with Crippen molar-refractivity contribution in [1.82, 2.24) is 0 Å². The number of alkyl halides is 3. The molecule has 11 heteroatoms. The van der Waals surface area contributed by atoms with Crippen molar-refractivity contribution in [2.45, 2.75) is 11.1 Å². The number of carboxylic acid groups (broad SMARTS) is 1. The van der Waals surface area contributed by atoms with Gasteiger partial charge in [-0.1, -0.05) is 6.07 Å². The zero-order valence-electron chi connectivity index (χ0n) is 14.7. The summed E-state index contributed by atoms with van der Waals surface area (Å²) >= 11 is 0. The van der Waals surface area contributed by atoms with Gasteiger partial charge >= 0.3 is 12.1 Å². The molecule has 0 aromatic heterocycles. The highest BCUT2D eigenvalue weighted by atomic mass is 32.2. The fraction of sp³-hybridized carbons (Fsp3) is 0.235. The molecule has 0 heterocycles. The van der Waals surface area contributed by atoms with Gasteiger partial charge in [0.1, 0.15) is 6.54 Å². The van der Waals surface area contributed by atoms with Gasteiger partial charge < -0.3 is 14.6 Å². The fourth-order valence-corrected chi connectivity index (χ4v) is 3.80. The van der Waals surface area contributed by atoms with Crippen LogP contribution >= 0.6 is 0 Å². The molecule has 0 aliphatic heterocycles. The van der Waals surface area contributed by atoms with Crippen LogP contribution < -0.4 is 13.8 Å². The Morgan fingerprint density at radius 3 is 2.25 bits per heavy atom. The molecule has 0 spiro atoms. The maximum Gasteiger partial charge on any atom is 0.416 e. The Morgan fingerprint density at radius 2 is 1.71 bits per heavy atom. The predicted molar refractivity (Wildman–Crippen MR) is 93.2 cm³/mol. The zero-order chi connectivity index (χ0) is 21.1. The molecular formula is C17H16F3NO6S. The molecule has 2 aromatic carbocycles. The predicted octanol–water partition coefficient (Wildman–Crippen LogP) is 3.00. The fourth-order valence-electron chi connectivity index (χ4n) is 2.38. The minimum absolute atomic E-state index is 0.0582. The van der Waals surface area contributed by atoms with Gasteiger partial charge in [-0.3, -0.25) is 9.10 Å². The molecule has 0 radical (unpaired) electrons. The number of benzene rings is 2. The lowest BCUT2D eigenvalue weighted by Crippen LogP contribution is -2.36. The van der Waals surface area contributed by atoms with Crippen LogP contribution in [0.1, 0.15) is 5.56 Å². The number of rotatable bonds is 7. The number of halogens is 3. The summed E-state index contributed by atoms with van der Waals surface area (Å²) in [5, 5.41) is 9.09. The maximum absolute atomic E-state index is 13.0. The van der Waals surface area contributed by atoms with E-state index in [-0.39, 0.29) is 16.4 Å². The number of aliphatic carboxylic acids is 1. The van der Waals surface area contributed by atoms with E-state index < -0.39 is 40.0 Å². The van der Waals surface area contributed by atoms with Gasteiger partial charge in [0.2, 0.25) is 0 Å². The van der Waals surface area contributed by atoms with Gasteiger partial charge in [0.05, 0.1) is 30.4 Å². The first-order valence-electron chi connectivity index (χ1n) is 7.64. The first kappa shape index (κ1) is 21.4. The third-order valence-electron chi connectivity index (χ3n) is 3.68. The molecule has 2 rings (SSSR count). The van der Waals surface area contributed by atoms with Gasteiger partial charge in [-0.2, -0.15) is 13.2 Å². The van der Waals surface area contributed by atoms with Crippen LogP contribution in [-0.2, 0) is 21.0 Å². The lowest BCUT2D eigenvalue weighted by molar-refractivity contribution is -0.137. The van der Waals surface area contributed by atoms with E-state index in [0.717, 1.165) is 30.3 Å². The molecule has 0 aliphatic rings. The molecule has 0 amide bonds. The Hall–Kier alpha value is -2.95. The van der Waals surface area contributed by atoms with Crippen molar-refractivity contribution in [3.8, 4) is 11.5 Å². The van der Waals surface area contributed by atoms with E-state index in [1.165, 1.54) is 20.3 Å². The van der Waals surface area contributed by atoms with Crippen molar-refractivity contribution < 1.29 is 41.0 Å². The molecule has 2 aromatic rings. The Kier molecular flexibility index (Phi) is 6.07. The second-order valence-corrected chi connectivity index (χ2v) is 7.33. The highest BCUT2D eigenvalue weighted by Crippen LogP contribution is 2.35. The molecule has 0 unspecified atom stereocenters. The summed E-state index contributed by atoms with van der Waals surface area (Å²) in [6.07, 6.45) is -4.72. The average Bonchev–Trinajstić information content (AvgIpc) is 2.64. The summed E-state index contributed by atoms with van der Waals surface area (Å²) in [7, 11) is -1.91. The summed E-state index contributed by atoms with van der Waals surface area (Å²) in [5.41, 5.74) is -1.55. The van der Waals surface area contributed by atoms with E-state index in [2.05, 4.69) is 0 Å². The van der Waals surface area contributed by atoms with Crippen LogP contribution in [-0.4, -0.2) is 40.3 Å². The first-order valence-corrected chi connectivity index (χ1v) is 9.08. The van der Waals surface area contributed by atoms with Crippen molar-refractivity contribution in [2.24, 2.45) is 0 Å². The topological polar surface area (TPSA) is 93.1 Å². The van der Waals surface area contributed by atoms with Crippen LogP contribution in [0.3, 0.4) is 0 Å². The Bertz CT molecular complexity index is 975. The van der Waals surface area contributed by atoms with Crippen LogP contribution in [0, 0.1) is 0 Å². The van der Waals surface area contributed by atoms with E-state index in [9.17, 15) is 26.4 Å². The highest BCUT2D eigenvalue weighted by Gasteiger charge is 2.33. The minimum Gasteiger partial charge on any atom is -0.493 e. The average molecular weight is 419 g/mol. The van der Waals surface area contributed by atoms with Gasteiger partial charge in [0, 0.05) is 6.07 Å². The summed E-state index contributed by atoms with van der Waals surface area (Å²) in [5.74, 6) is -1.25. The SMILES string of the molecule is COc1ccc(S(=O)(=O)N(CC(=O)O)c2cccc(C(F)(F)F)c2)cc1OC. The summed E-state index contributed by atoms with van der Waals surface area (Å²) in [4.78, 5) is 10.8. The van der Waals surface area contributed by atoms with Gasteiger partial charge in [0.15, 0.2) is 11.5 Å². The standard InChI is InChI=1S/C17H16F3NO6S/c1-26-14-7-6-13(9-15(14)27-2)28(24,25)21(10-16(22)23)12-5-3-4-11(8-12)17(18,19)20/h3-9H,10H2,1-2H3,(H,22,23). The maximum atomic E-state index is 13.0. The van der Waals surface area contributed by atoms with Crippen LogP contribution in [0.25, 0.3) is 0 Å². The van der Waals surface area contributed by atoms with Crippen molar-refractivity contribution in [3.05, 3.63) is 48.0 Å². The normalized spacial score (nSPS) is 11.8. The zero-order valence-corrected chi connectivity index (χ0v) is 15.5. The van der Waals surface area contributed by atoms with E-state index in [1.807, 2.05) is 0 Å². The third-order valence-corrected chi connectivity index (χ3v) is 5.45. The highest BCUT2D eigenvalue weighted by molar-refractivity contribution is 7.92. The number of anilines is 1. The van der Waals surface area contributed by atoms with Crippen molar-refractivity contribution >= 4 is 21.7 Å². The van der Waals surface area contributed by atoms with Gasteiger partial charge in [-0.05, 0) is 30.3 Å². The molecule has 0 fully saturated rings. The third kappa shape index (κ3) is 4.47. The smallest absolute Gasteiger partial charge is 0.416 e. The second-order valence-electron chi connectivity index (χ2n) is 5.47. The van der Waals surface area contributed by atoms with E-state index >= 15 is 0 Å². The molecule has 0 atom stereocenters. The van der Waals surface area contributed by atoms with Crippen molar-refractivity contribution in [2.75, 3.05) is 25.1 Å². The minimum atomic E-state index is -4.72. The van der Waals surface area contributed by atoms with E-state index in [4.69, 9.17) is 14.6 Å². The van der Waals surface area contributed by atoms with Crippen LogP contribution in [0.15, 0.2) is 47.4 Å². The van der Waals surface area contributed by atoms with Gasteiger partial charge in [0.25, 0.3) is 10.0 Å². The number of carbonyl (C=O) groups is 1. The number of hydrogen-bond donors (Lipinski definition) is 1. The molecule has 28 heavy (non-hydrogen) atoms. The molecular weight excluding hydrogens is 403 g/mol. The number of sulfonamides is 1. The molecule has 0 saturated carbocycles. The van der Waals surface area contributed by atoms with Crippen molar-refractivity contribution in [1.29, 1.82) is 0 Å². The van der Waals surface area contributed by atoms with Crippen molar-refractivity contribution in [3.63, 3.8) is 0 Å². The lowest BCUT2D eigenvalue weighted by Gasteiger charge is -2.24. The number of ether oxygens (including phenoxy) is 2. The van der Waals surface area contributed by atoms with Gasteiger partial charge in [-0.15, -0.1) is 0 Å². The van der Waals surface area contributed by atoms with Crippen LogP contribution in [0.5, 0.6) is 11.5 Å². The summed E-state index contributed by atoms with van der Waals surface area (Å²) in [6.45, 7) is -1.07. The number of methoxy groups -OCH3 is 2. The largest absolute Gasteiger partial charge is 0.493 e. The monoisotopic (exact) mass is 419 g/mol. The molecule has 0 saturated heterocycles. The molecule has 0 aliphatic carbocycles. The Labute approximate surface area is 159 Å². The lowest BCUT2D eigenvalue weighted by atomic mass is 10.2. The van der Waals surface area contributed by atoms with Crippen LogP contribution in [0.4, 0.5) is 18.9 Å². The van der Waals surface area contributed by atoms with Gasteiger partial charge in [-0.25, -0.2) is 8.42 Å². The van der Waals surface area contributed by atoms with E-state index in [1.54, 1.807) is 0 Å². The molecule has 1 N–H and O–H groups in total. The number of carboxylic acids is 1. The summed E-state index contributed by atoms with van der Waals surface area (Å²) < 4.78 is 75.3. The molecule has 7 nitrogen and oxygen atoms in total. The second kappa shape index (κ2) is 7.97. The molecule has 0 bridgehead atoms. The number of hydrogen-bond acceptors (Lipinski definition) is 5. The van der Waals surface area contributed by atoms with Crippen LogP contribution in [0.2, 0.25) is 0 Å². The summed E-state index contributed by atoms with van der Waals surface area (Å²) in [6, 6.07) is 6.92. The first-order chi connectivity index (χ1) is 13.0. The quantitative estimate of drug-likeness (QED) is 0.742. The Morgan fingerprint density at radius 1 is 1.07 bits per heavy atom. The molecule has 152 valence electrons. The Balaban J connectivity index is 2.61. The van der Waals surface area contributed by atoms with E-state index in [0.29, 0.717) is 10.4 Å².